The van der Waals surface area contributed by atoms with Gasteiger partial charge in [-0.25, -0.2) is 4.98 Å². The maximum Gasteiger partial charge on any atom is 0.227 e. The molecule has 1 atom stereocenters. The number of hydrogen-bond acceptors (Lipinski definition) is 5. The molecule has 1 unspecified atom stereocenters. The number of amides is 2. The number of benzene rings is 1. The molecule has 0 radical (unpaired) electrons. The maximum atomic E-state index is 12.6. The number of nitrogens with zero attached hydrogens (tertiary/aromatic N) is 3. The van der Waals surface area contributed by atoms with Crippen molar-refractivity contribution in [2.45, 2.75) is 26.2 Å². The summed E-state index contributed by atoms with van der Waals surface area (Å²) in [5.74, 6) is 0.234. The van der Waals surface area contributed by atoms with Gasteiger partial charge in [0, 0.05) is 49.6 Å². The highest BCUT2D eigenvalue weighted by Gasteiger charge is 2.29. The second kappa shape index (κ2) is 7.68. The van der Waals surface area contributed by atoms with Crippen molar-refractivity contribution in [1.82, 2.24) is 9.88 Å². The van der Waals surface area contributed by atoms with E-state index < -0.39 is 0 Å². The normalized spacial score (nSPS) is 19.5. The number of hydrogen-bond donors (Lipinski definition) is 1. The number of aromatic nitrogens is 1. The van der Waals surface area contributed by atoms with Gasteiger partial charge < -0.3 is 15.1 Å². The minimum atomic E-state index is 0.000524. The van der Waals surface area contributed by atoms with Gasteiger partial charge in [0.1, 0.15) is 0 Å². The lowest BCUT2D eigenvalue weighted by Crippen LogP contribution is -2.48. The van der Waals surface area contributed by atoms with Gasteiger partial charge in [-0.1, -0.05) is 18.2 Å². The number of aryl methyl sites for hydroxylation is 1. The molecule has 7 heteroatoms. The number of para-hydroxylation sites is 1. The van der Waals surface area contributed by atoms with E-state index >= 15 is 0 Å². The van der Waals surface area contributed by atoms with E-state index in [4.69, 9.17) is 4.98 Å². The number of carbonyl (C=O) groups excluding carboxylic acids is 2. The van der Waals surface area contributed by atoms with Gasteiger partial charge in [-0.05, 0) is 31.4 Å². The summed E-state index contributed by atoms with van der Waals surface area (Å²) < 4.78 is 0. The number of anilines is 2. The molecule has 2 heterocycles. The number of carbonyl (C=O) groups is 2. The molecule has 27 heavy (non-hydrogen) atoms. The zero-order valence-electron chi connectivity index (χ0n) is 15.5. The number of piperazine rings is 1. The van der Waals surface area contributed by atoms with Crippen LogP contribution in [0.15, 0.2) is 30.3 Å². The average molecular weight is 385 g/mol. The van der Waals surface area contributed by atoms with Gasteiger partial charge in [-0.15, -0.1) is 11.3 Å². The molecule has 0 bridgehead atoms. The highest BCUT2D eigenvalue weighted by Crippen LogP contribution is 2.34. The molecule has 1 fully saturated rings. The second-order valence-electron chi connectivity index (χ2n) is 7.15. The lowest BCUT2D eigenvalue weighted by molar-refractivity contribution is -0.129. The van der Waals surface area contributed by atoms with Crippen LogP contribution in [-0.4, -0.2) is 47.9 Å². The largest absolute Gasteiger partial charge is 0.345 e. The van der Waals surface area contributed by atoms with Crippen molar-refractivity contribution in [3.05, 3.63) is 40.9 Å². The molecule has 1 aromatic heterocycles. The molecule has 1 saturated heterocycles. The molecule has 142 valence electrons. The average Bonchev–Trinajstić information content (AvgIpc) is 3.12. The first-order valence-corrected chi connectivity index (χ1v) is 10.3. The minimum absolute atomic E-state index is 0.000524. The van der Waals surface area contributed by atoms with E-state index in [0.717, 1.165) is 62.0 Å². The quantitative estimate of drug-likeness (QED) is 0.883. The third kappa shape index (κ3) is 3.98. The Balaban J connectivity index is 1.39. The Bertz CT molecular complexity index is 828. The molecule has 4 rings (SSSR count). The van der Waals surface area contributed by atoms with Gasteiger partial charge in [0.25, 0.3) is 0 Å². The van der Waals surface area contributed by atoms with E-state index in [9.17, 15) is 9.59 Å². The zero-order chi connectivity index (χ0) is 18.8. The van der Waals surface area contributed by atoms with Crippen molar-refractivity contribution >= 4 is 34.0 Å². The summed E-state index contributed by atoms with van der Waals surface area (Å²) >= 11 is 1.71. The van der Waals surface area contributed by atoms with Crippen LogP contribution in [0.25, 0.3) is 0 Å². The summed E-state index contributed by atoms with van der Waals surface area (Å²) in [5, 5.41) is 4.06. The van der Waals surface area contributed by atoms with Crippen molar-refractivity contribution in [3.63, 3.8) is 0 Å². The number of rotatable bonds is 3. The molecule has 2 aromatic rings. The molecule has 0 spiro atoms. The lowest BCUT2D eigenvalue weighted by Gasteiger charge is -2.33. The Hall–Kier alpha value is -2.41. The summed E-state index contributed by atoms with van der Waals surface area (Å²) in [5.41, 5.74) is 1.99. The third-order valence-corrected chi connectivity index (χ3v) is 6.52. The zero-order valence-corrected chi connectivity index (χ0v) is 16.3. The number of thiazole rings is 1. The van der Waals surface area contributed by atoms with Gasteiger partial charge in [0.15, 0.2) is 5.13 Å². The van der Waals surface area contributed by atoms with E-state index in [1.54, 1.807) is 18.3 Å². The second-order valence-corrected chi connectivity index (χ2v) is 8.22. The Labute approximate surface area is 163 Å². The first kappa shape index (κ1) is 18.0. The molecule has 0 saturated carbocycles. The monoisotopic (exact) mass is 384 g/mol. The molecule has 1 aliphatic heterocycles. The van der Waals surface area contributed by atoms with Crippen LogP contribution >= 0.6 is 11.3 Å². The van der Waals surface area contributed by atoms with Crippen molar-refractivity contribution in [2.75, 3.05) is 36.4 Å². The smallest absolute Gasteiger partial charge is 0.227 e. The molecule has 6 nitrogen and oxygen atoms in total. The van der Waals surface area contributed by atoms with E-state index in [0.29, 0.717) is 0 Å². The van der Waals surface area contributed by atoms with Crippen molar-refractivity contribution in [3.8, 4) is 0 Å². The summed E-state index contributed by atoms with van der Waals surface area (Å²) in [6.45, 7) is 4.77. The van der Waals surface area contributed by atoms with Crippen molar-refractivity contribution < 1.29 is 9.59 Å². The summed E-state index contributed by atoms with van der Waals surface area (Å²) in [6, 6.07) is 9.62. The van der Waals surface area contributed by atoms with Crippen LogP contribution in [-0.2, 0) is 22.4 Å². The predicted molar refractivity (Wildman–Crippen MR) is 107 cm³/mol. The van der Waals surface area contributed by atoms with Crippen LogP contribution in [0.2, 0.25) is 0 Å². The van der Waals surface area contributed by atoms with Gasteiger partial charge in [0.05, 0.1) is 5.69 Å². The van der Waals surface area contributed by atoms with Crippen LogP contribution in [0.3, 0.4) is 0 Å². The summed E-state index contributed by atoms with van der Waals surface area (Å²) in [7, 11) is 0. The Kier molecular flexibility index (Phi) is 5.11. The minimum Gasteiger partial charge on any atom is -0.345 e. The Morgan fingerprint density at radius 3 is 2.59 bits per heavy atom. The van der Waals surface area contributed by atoms with Gasteiger partial charge in [-0.2, -0.15) is 0 Å². The molecule has 1 aromatic carbocycles. The first-order chi connectivity index (χ1) is 13.1. The van der Waals surface area contributed by atoms with Gasteiger partial charge in [0.2, 0.25) is 11.8 Å². The lowest BCUT2D eigenvalue weighted by atomic mass is 9.90. The van der Waals surface area contributed by atoms with E-state index in [-0.39, 0.29) is 17.7 Å². The maximum absolute atomic E-state index is 12.6. The predicted octanol–water partition coefficient (Wildman–Crippen LogP) is 2.56. The molecule has 2 amide bonds. The fraction of sp³-hybridized carbons (Fsp3) is 0.450. The summed E-state index contributed by atoms with van der Waals surface area (Å²) in [4.78, 5) is 34.3. The molecule has 1 aliphatic carbocycles. The molecular formula is C20H24N4O2S. The highest BCUT2D eigenvalue weighted by atomic mass is 32.1. The van der Waals surface area contributed by atoms with E-state index in [2.05, 4.69) is 10.2 Å². The fourth-order valence-electron chi connectivity index (χ4n) is 3.70. The Morgan fingerprint density at radius 2 is 1.89 bits per heavy atom. The van der Waals surface area contributed by atoms with Crippen LogP contribution in [0.5, 0.6) is 0 Å². The summed E-state index contributed by atoms with van der Waals surface area (Å²) in [6.07, 6.45) is 2.46. The topological polar surface area (TPSA) is 65.5 Å². The van der Waals surface area contributed by atoms with E-state index in [1.807, 2.05) is 35.2 Å². The fourth-order valence-corrected chi connectivity index (χ4v) is 4.94. The SMILES string of the molecule is CC(=O)N1CCN(c2nc3c(s2)CC(C(=O)Nc2ccccc2)CC3)CC1. The highest BCUT2D eigenvalue weighted by molar-refractivity contribution is 7.15. The number of nitrogens with one attached hydrogen (secondary N) is 1. The van der Waals surface area contributed by atoms with Crippen molar-refractivity contribution in [1.29, 1.82) is 0 Å². The van der Waals surface area contributed by atoms with Crippen LogP contribution < -0.4 is 10.2 Å². The van der Waals surface area contributed by atoms with Crippen LogP contribution in [0, 0.1) is 5.92 Å². The van der Waals surface area contributed by atoms with Crippen LogP contribution in [0.4, 0.5) is 10.8 Å². The first-order valence-electron chi connectivity index (χ1n) is 9.45. The molecule has 2 aliphatic rings. The van der Waals surface area contributed by atoms with Crippen LogP contribution in [0.1, 0.15) is 23.9 Å². The Morgan fingerprint density at radius 1 is 1.15 bits per heavy atom. The molecular weight excluding hydrogens is 360 g/mol. The number of fused-ring (bicyclic) bond motifs is 1. The third-order valence-electron chi connectivity index (χ3n) is 5.34. The standard InChI is InChI=1S/C20H24N4O2S/c1-14(25)23-9-11-24(12-10-23)20-22-17-8-7-15(13-18(17)27-20)19(26)21-16-5-3-2-4-6-16/h2-6,15H,7-13H2,1H3,(H,21,26). The van der Waals surface area contributed by atoms with Crippen molar-refractivity contribution in [2.24, 2.45) is 5.92 Å². The van der Waals surface area contributed by atoms with Gasteiger partial charge >= 0.3 is 0 Å². The van der Waals surface area contributed by atoms with E-state index in [1.165, 1.54) is 4.88 Å². The molecule has 1 N–H and O–H groups in total. The van der Waals surface area contributed by atoms with Gasteiger partial charge in [-0.3, -0.25) is 9.59 Å².